The second kappa shape index (κ2) is 6.71. The van der Waals surface area contributed by atoms with Crippen LogP contribution in [0.3, 0.4) is 0 Å². The Labute approximate surface area is 123 Å². The third-order valence-electron chi connectivity index (χ3n) is 3.93. The van der Waals surface area contributed by atoms with Crippen molar-refractivity contribution in [1.29, 1.82) is 0 Å². The highest BCUT2D eigenvalue weighted by Crippen LogP contribution is 2.12. The second-order valence-electron chi connectivity index (χ2n) is 5.84. The number of rotatable bonds is 5. The van der Waals surface area contributed by atoms with Crippen molar-refractivity contribution in [3.05, 3.63) is 70.3 Å². The molecule has 0 spiro atoms. The normalized spacial score (nSPS) is 12.4. The van der Waals surface area contributed by atoms with Crippen LogP contribution in [0.15, 0.2) is 42.5 Å². The lowest BCUT2D eigenvalue weighted by Gasteiger charge is -2.16. The Morgan fingerprint density at radius 1 is 0.900 bits per heavy atom. The van der Waals surface area contributed by atoms with Crippen LogP contribution < -0.4 is 5.32 Å². The van der Waals surface area contributed by atoms with Gasteiger partial charge in [0.2, 0.25) is 0 Å². The van der Waals surface area contributed by atoms with E-state index in [2.05, 4.69) is 75.5 Å². The molecule has 0 radical (unpaired) electrons. The van der Waals surface area contributed by atoms with E-state index in [4.69, 9.17) is 0 Å². The maximum absolute atomic E-state index is 3.64. The average Bonchev–Trinajstić information content (AvgIpc) is 2.42. The van der Waals surface area contributed by atoms with Crippen LogP contribution in [-0.2, 0) is 13.0 Å². The lowest BCUT2D eigenvalue weighted by molar-refractivity contribution is 0.543. The van der Waals surface area contributed by atoms with Crippen molar-refractivity contribution in [1.82, 2.24) is 5.32 Å². The van der Waals surface area contributed by atoms with Crippen molar-refractivity contribution >= 4 is 0 Å². The van der Waals surface area contributed by atoms with Gasteiger partial charge < -0.3 is 5.32 Å². The third-order valence-corrected chi connectivity index (χ3v) is 3.93. The van der Waals surface area contributed by atoms with E-state index in [1.54, 1.807) is 0 Å². The van der Waals surface area contributed by atoms with Gasteiger partial charge in [-0.15, -0.1) is 0 Å². The lowest BCUT2D eigenvalue weighted by Crippen LogP contribution is -2.28. The first-order valence-corrected chi connectivity index (χ1v) is 7.40. The summed E-state index contributed by atoms with van der Waals surface area (Å²) in [7, 11) is 0. The zero-order valence-electron chi connectivity index (χ0n) is 13.0. The molecule has 0 bridgehead atoms. The van der Waals surface area contributed by atoms with Crippen LogP contribution in [0, 0.1) is 20.8 Å². The average molecular weight is 267 g/mol. The van der Waals surface area contributed by atoms with Crippen LogP contribution in [-0.4, -0.2) is 6.04 Å². The summed E-state index contributed by atoms with van der Waals surface area (Å²) < 4.78 is 0. The van der Waals surface area contributed by atoms with Crippen molar-refractivity contribution in [2.45, 2.75) is 46.7 Å². The Bertz CT molecular complexity index is 572. The monoisotopic (exact) mass is 267 g/mol. The van der Waals surface area contributed by atoms with Gasteiger partial charge in [-0.05, 0) is 56.4 Å². The van der Waals surface area contributed by atoms with Crippen LogP contribution >= 0.6 is 0 Å². The van der Waals surface area contributed by atoms with E-state index in [9.17, 15) is 0 Å². The minimum atomic E-state index is 0.482. The number of nitrogens with one attached hydrogen (secondary N) is 1. The molecule has 0 aliphatic rings. The fraction of sp³-hybridized carbons (Fsp3) is 0.368. The molecule has 0 aromatic heterocycles. The molecule has 0 aliphatic carbocycles. The number of benzene rings is 2. The summed E-state index contributed by atoms with van der Waals surface area (Å²) in [5.74, 6) is 0. The Hall–Kier alpha value is -1.60. The molecule has 1 nitrogen and oxygen atoms in total. The highest BCUT2D eigenvalue weighted by Gasteiger charge is 2.06. The van der Waals surface area contributed by atoms with E-state index in [0.29, 0.717) is 6.04 Å². The van der Waals surface area contributed by atoms with Gasteiger partial charge >= 0.3 is 0 Å². The highest BCUT2D eigenvalue weighted by molar-refractivity contribution is 5.30. The van der Waals surface area contributed by atoms with Crippen LogP contribution in [0.1, 0.15) is 34.7 Å². The van der Waals surface area contributed by atoms with Crippen molar-refractivity contribution in [3.8, 4) is 0 Å². The van der Waals surface area contributed by atoms with Gasteiger partial charge in [-0.2, -0.15) is 0 Å². The third kappa shape index (κ3) is 3.94. The lowest BCUT2D eigenvalue weighted by atomic mass is 10.0. The smallest absolute Gasteiger partial charge is 0.0210 e. The molecule has 1 N–H and O–H groups in total. The molecule has 0 heterocycles. The van der Waals surface area contributed by atoms with Crippen molar-refractivity contribution in [3.63, 3.8) is 0 Å². The molecule has 0 saturated carbocycles. The van der Waals surface area contributed by atoms with Gasteiger partial charge in [-0.1, -0.05) is 48.0 Å². The Kier molecular flexibility index (Phi) is 4.97. The first-order chi connectivity index (χ1) is 9.56. The predicted octanol–water partition coefficient (Wildman–Crippen LogP) is 4.33. The zero-order chi connectivity index (χ0) is 14.5. The number of hydrogen-bond acceptors (Lipinski definition) is 1. The minimum Gasteiger partial charge on any atom is -0.310 e. The Morgan fingerprint density at radius 2 is 1.60 bits per heavy atom. The van der Waals surface area contributed by atoms with E-state index in [1.165, 1.54) is 27.8 Å². The molecule has 0 saturated heterocycles. The fourth-order valence-electron chi connectivity index (χ4n) is 2.52. The van der Waals surface area contributed by atoms with E-state index in [-0.39, 0.29) is 0 Å². The molecule has 0 aliphatic heterocycles. The van der Waals surface area contributed by atoms with Gasteiger partial charge in [0.15, 0.2) is 0 Å². The summed E-state index contributed by atoms with van der Waals surface area (Å²) in [4.78, 5) is 0. The van der Waals surface area contributed by atoms with Gasteiger partial charge in [0.05, 0.1) is 0 Å². The van der Waals surface area contributed by atoms with Crippen LogP contribution in [0.5, 0.6) is 0 Å². The molecule has 106 valence electrons. The molecule has 2 rings (SSSR count). The minimum absolute atomic E-state index is 0.482. The quantitative estimate of drug-likeness (QED) is 0.850. The fourth-order valence-corrected chi connectivity index (χ4v) is 2.52. The van der Waals surface area contributed by atoms with E-state index >= 15 is 0 Å². The maximum Gasteiger partial charge on any atom is 0.0210 e. The SMILES string of the molecule is Cc1ccc(C)c(CNC(C)Cc2ccccc2C)c1. The first kappa shape index (κ1) is 14.8. The Balaban J connectivity index is 1.94. The molecule has 1 unspecified atom stereocenters. The van der Waals surface area contributed by atoms with Gasteiger partial charge in [-0.3, -0.25) is 0 Å². The Morgan fingerprint density at radius 3 is 2.35 bits per heavy atom. The molecule has 1 atom stereocenters. The summed E-state index contributed by atoms with van der Waals surface area (Å²) in [6, 6.07) is 15.8. The van der Waals surface area contributed by atoms with Gasteiger partial charge in [0, 0.05) is 12.6 Å². The standard InChI is InChI=1S/C19H25N/c1-14-9-10-16(3)19(11-14)13-20-17(4)12-18-8-6-5-7-15(18)2/h5-11,17,20H,12-13H2,1-4H3. The second-order valence-corrected chi connectivity index (χ2v) is 5.84. The molecule has 2 aromatic rings. The largest absolute Gasteiger partial charge is 0.310 e. The summed E-state index contributed by atoms with van der Waals surface area (Å²) in [5, 5.41) is 3.64. The molecule has 2 aromatic carbocycles. The van der Waals surface area contributed by atoms with Crippen LogP contribution in [0.25, 0.3) is 0 Å². The van der Waals surface area contributed by atoms with Crippen LogP contribution in [0.4, 0.5) is 0 Å². The van der Waals surface area contributed by atoms with E-state index in [0.717, 1.165) is 13.0 Å². The predicted molar refractivity (Wildman–Crippen MR) is 87.1 cm³/mol. The summed E-state index contributed by atoms with van der Waals surface area (Å²) in [6.45, 7) is 9.73. The van der Waals surface area contributed by atoms with Crippen molar-refractivity contribution in [2.24, 2.45) is 0 Å². The molecule has 0 amide bonds. The van der Waals surface area contributed by atoms with Gasteiger partial charge in [-0.25, -0.2) is 0 Å². The van der Waals surface area contributed by atoms with E-state index in [1.807, 2.05) is 0 Å². The number of aryl methyl sites for hydroxylation is 3. The number of hydrogen-bond donors (Lipinski definition) is 1. The molecular weight excluding hydrogens is 242 g/mol. The van der Waals surface area contributed by atoms with Crippen LogP contribution in [0.2, 0.25) is 0 Å². The summed E-state index contributed by atoms with van der Waals surface area (Å²) in [5.41, 5.74) is 6.92. The first-order valence-electron chi connectivity index (χ1n) is 7.40. The summed E-state index contributed by atoms with van der Waals surface area (Å²) >= 11 is 0. The van der Waals surface area contributed by atoms with Crippen molar-refractivity contribution in [2.75, 3.05) is 0 Å². The van der Waals surface area contributed by atoms with Crippen molar-refractivity contribution < 1.29 is 0 Å². The molecule has 20 heavy (non-hydrogen) atoms. The van der Waals surface area contributed by atoms with Gasteiger partial charge in [0.1, 0.15) is 0 Å². The molecular formula is C19H25N. The highest BCUT2D eigenvalue weighted by atomic mass is 14.9. The van der Waals surface area contributed by atoms with Gasteiger partial charge in [0.25, 0.3) is 0 Å². The zero-order valence-corrected chi connectivity index (χ0v) is 13.0. The summed E-state index contributed by atoms with van der Waals surface area (Å²) in [6.07, 6.45) is 1.08. The maximum atomic E-state index is 3.64. The molecule has 0 fully saturated rings. The van der Waals surface area contributed by atoms with E-state index < -0.39 is 0 Å². The molecule has 1 heteroatoms. The topological polar surface area (TPSA) is 12.0 Å².